The lowest BCUT2D eigenvalue weighted by atomic mass is 10.2. The van der Waals surface area contributed by atoms with E-state index in [4.69, 9.17) is 10.4 Å². The van der Waals surface area contributed by atoms with Gasteiger partial charge in [0.25, 0.3) is 0 Å². The molecule has 0 aromatic heterocycles. The highest BCUT2D eigenvalue weighted by molar-refractivity contribution is 5.48. The van der Waals surface area contributed by atoms with Crippen molar-refractivity contribution in [3.05, 3.63) is 29.6 Å². The standard InChI is InChI=1S/C12H16FN3O/c1-9(17)8-15-4-5-16-12-3-2-10(7-14)6-11(12)13/h2-3,6,9,15-17H,4-5,8H2,1H3. The first-order chi connectivity index (χ1) is 8.13. The number of hydrogen-bond acceptors (Lipinski definition) is 4. The molecule has 4 nitrogen and oxygen atoms in total. The quantitative estimate of drug-likeness (QED) is 0.648. The van der Waals surface area contributed by atoms with E-state index in [0.717, 1.165) is 0 Å². The van der Waals surface area contributed by atoms with E-state index in [1.807, 2.05) is 6.07 Å². The monoisotopic (exact) mass is 237 g/mol. The highest BCUT2D eigenvalue weighted by Crippen LogP contribution is 2.14. The van der Waals surface area contributed by atoms with E-state index in [1.54, 1.807) is 19.1 Å². The van der Waals surface area contributed by atoms with Crippen LogP contribution < -0.4 is 10.6 Å². The van der Waals surface area contributed by atoms with E-state index >= 15 is 0 Å². The average Bonchev–Trinajstić information content (AvgIpc) is 2.30. The number of nitrogens with zero attached hydrogens (tertiary/aromatic N) is 1. The summed E-state index contributed by atoms with van der Waals surface area (Å²) in [4.78, 5) is 0. The largest absolute Gasteiger partial charge is 0.392 e. The molecule has 0 aliphatic rings. The van der Waals surface area contributed by atoms with Crippen molar-refractivity contribution in [3.63, 3.8) is 0 Å². The Bertz CT molecular complexity index is 401. The molecule has 92 valence electrons. The molecule has 0 bridgehead atoms. The lowest BCUT2D eigenvalue weighted by Crippen LogP contribution is -2.29. The van der Waals surface area contributed by atoms with Crippen LogP contribution in [0, 0.1) is 17.1 Å². The zero-order valence-electron chi connectivity index (χ0n) is 9.70. The number of rotatable bonds is 6. The van der Waals surface area contributed by atoms with E-state index in [-0.39, 0.29) is 6.10 Å². The van der Waals surface area contributed by atoms with E-state index in [1.165, 1.54) is 6.07 Å². The van der Waals surface area contributed by atoms with Gasteiger partial charge in [0.05, 0.1) is 23.4 Å². The van der Waals surface area contributed by atoms with E-state index in [9.17, 15) is 4.39 Å². The fourth-order valence-corrected chi connectivity index (χ4v) is 1.32. The van der Waals surface area contributed by atoms with Crippen LogP contribution in [0.15, 0.2) is 18.2 Å². The Labute approximate surface area is 100 Å². The maximum atomic E-state index is 13.4. The summed E-state index contributed by atoms with van der Waals surface area (Å²) in [5.74, 6) is -0.431. The zero-order valence-corrected chi connectivity index (χ0v) is 9.70. The van der Waals surface area contributed by atoms with Crippen LogP contribution in [0.3, 0.4) is 0 Å². The molecule has 0 saturated heterocycles. The van der Waals surface area contributed by atoms with Gasteiger partial charge in [0.15, 0.2) is 0 Å². The maximum absolute atomic E-state index is 13.4. The van der Waals surface area contributed by atoms with Crippen LogP contribution in [0.25, 0.3) is 0 Å². The van der Waals surface area contributed by atoms with Crippen molar-refractivity contribution in [1.82, 2.24) is 5.32 Å². The van der Waals surface area contributed by atoms with Gasteiger partial charge in [0.2, 0.25) is 0 Å². The van der Waals surface area contributed by atoms with Gasteiger partial charge in [-0.1, -0.05) is 0 Å². The first kappa shape index (κ1) is 13.4. The zero-order chi connectivity index (χ0) is 12.7. The minimum absolute atomic E-state index is 0.306. The van der Waals surface area contributed by atoms with E-state index in [2.05, 4.69) is 10.6 Å². The van der Waals surface area contributed by atoms with Gasteiger partial charge in [-0.15, -0.1) is 0 Å². The van der Waals surface area contributed by atoms with Crippen LogP contribution in [0.4, 0.5) is 10.1 Å². The van der Waals surface area contributed by atoms with Gasteiger partial charge in [-0.2, -0.15) is 5.26 Å². The summed E-state index contributed by atoms with van der Waals surface area (Å²) in [6.07, 6.45) is -0.387. The lowest BCUT2D eigenvalue weighted by Gasteiger charge is -2.09. The van der Waals surface area contributed by atoms with Crippen molar-refractivity contribution < 1.29 is 9.50 Å². The third kappa shape index (κ3) is 4.81. The minimum Gasteiger partial charge on any atom is -0.392 e. The Hall–Kier alpha value is -1.64. The molecule has 0 aliphatic heterocycles. The molecule has 0 amide bonds. The van der Waals surface area contributed by atoms with Crippen molar-refractivity contribution >= 4 is 5.69 Å². The molecule has 0 heterocycles. The molecule has 17 heavy (non-hydrogen) atoms. The van der Waals surface area contributed by atoms with Gasteiger partial charge >= 0.3 is 0 Å². The minimum atomic E-state index is -0.431. The Kier molecular flexibility index (Phi) is 5.40. The lowest BCUT2D eigenvalue weighted by molar-refractivity contribution is 0.192. The van der Waals surface area contributed by atoms with Gasteiger partial charge in [0.1, 0.15) is 5.82 Å². The number of nitriles is 1. The predicted molar refractivity (Wildman–Crippen MR) is 64.2 cm³/mol. The molecule has 0 fully saturated rings. The molecule has 1 unspecified atom stereocenters. The van der Waals surface area contributed by atoms with Gasteiger partial charge in [0, 0.05) is 19.6 Å². The van der Waals surface area contributed by atoms with Crippen molar-refractivity contribution in [2.24, 2.45) is 0 Å². The summed E-state index contributed by atoms with van der Waals surface area (Å²) in [7, 11) is 0. The molecule has 1 atom stereocenters. The number of aliphatic hydroxyl groups is 1. The Balaban J connectivity index is 2.35. The fourth-order valence-electron chi connectivity index (χ4n) is 1.32. The van der Waals surface area contributed by atoms with Gasteiger partial charge in [-0.3, -0.25) is 0 Å². The third-order valence-corrected chi connectivity index (χ3v) is 2.16. The molecule has 0 saturated carbocycles. The highest BCUT2D eigenvalue weighted by Gasteiger charge is 2.02. The summed E-state index contributed by atoms with van der Waals surface area (Å²) in [6, 6.07) is 6.18. The summed E-state index contributed by atoms with van der Waals surface area (Å²) in [6.45, 7) is 3.39. The van der Waals surface area contributed by atoms with Crippen molar-refractivity contribution in [3.8, 4) is 6.07 Å². The van der Waals surface area contributed by atoms with E-state index in [0.29, 0.717) is 30.9 Å². The number of anilines is 1. The number of hydrogen-bond donors (Lipinski definition) is 3. The molecule has 1 aromatic rings. The summed E-state index contributed by atoms with van der Waals surface area (Å²) in [5.41, 5.74) is 0.683. The van der Waals surface area contributed by atoms with Gasteiger partial charge < -0.3 is 15.7 Å². The molecular formula is C12H16FN3O. The summed E-state index contributed by atoms with van der Waals surface area (Å²) >= 11 is 0. The smallest absolute Gasteiger partial charge is 0.147 e. The van der Waals surface area contributed by atoms with Crippen molar-refractivity contribution in [1.29, 1.82) is 5.26 Å². The molecule has 0 aliphatic carbocycles. The van der Waals surface area contributed by atoms with Crippen LogP contribution >= 0.6 is 0 Å². The second-order valence-corrected chi connectivity index (χ2v) is 3.79. The topological polar surface area (TPSA) is 68.1 Å². The normalized spacial score (nSPS) is 11.9. The SMILES string of the molecule is CC(O)CNCCNc1ccc(C#N)cc1F. The van der Waals surface area contributed by atoms with Gasteiger partial charge in [-0.05, 0) is 25.1 Å². The van der Waals surface area contributed by atoms with Crippen LogP contribution in [0.2, 0.25) is 0 Å². The molecular weight excluding hydrogens is 221 g/mol. The Morgan fingerprint density at radius 2 is 2.24 bits per heavy atom. The number of nitrogens with one attached hydrogen (secondary N) is 2. The van der Waals surface area contributed by atoms with Gasteiger partial charge in [-0.25, -0.2) is 4.39 Å². The fraction of sp³-hybridized carbons (Fsp3) is 0.417. The van der Waals surface area contributed by atoms with Crippen LogP contribution in [-0.2, 0) is 0 Å². The molecule has 0 spiro atoms. The number of aliphatic hydroxyl groups excluding tert-OH is 1. The third-order valence-electron chi connectivity index (χ3n) is 2.16. The van der Waals surface area contributed by atoms with E-state index < -0.39 is 5.82 Å². The predicted octanol–water partition coefficient (Wildman–Crippen LogP) is 1.08. The van der Waals surface area contributed by atoms with Crippen molar-refractivity contribution in [2.75, 3.05) is 25.0 Å². The average molecular weight is 237 g/mol. The summed E-state index contributed by atoms with van der Waals surface area (Å²) < 4.78 is 13.4. The van der Waals surface area contributed by atoms with Crippen molar-refractivity contribution in [2.45, 2.75) is 13.0 Å². The molecule has 1 aromatic carbocycles. The Morgan fingerprint density at radius 1 is 1.47 bits per heavy atom. The highest BCUT2D eigenvalue weighted by atomic mass is 19.1. The molecule has 0 radical (unpaired) electrons. The first-order valence-corrected chi connectivity index (χ1v) is 5.46. The molecule has 1 rings (SSSR count). The Morgan fingerprint density at radius 3 is 2.82 bits per heavy atom. The second-order valence-electron chi connectivity index (χ2n) is 3.79. The first-order valence-electron chi connectivity index (χ1n) is 5.46. The molecule has 3 N–H and O–H groups in total. The number of halogens is 1. The summed E-state index contributed by atoms with van der Waals surface area (Å²) in [5, 5.41) is 23.5. The second kappa shape index (κ2) is 6.84. The maximum Gasteiger partial charge on any atom is 0.147 e. The molecule has 5 heteroatoms. The van der Waals surface area contributed by atoms with Crippen LogP contribution in [0.5, 0.6) is 0 Å². The number of benzene rings is 1. The van der Waals surface area contributed by atoms with Crippen LogP contribution in [0.1, 0.15) is 12.5 Å². The van der Waals surface area contributed by atoms with Crippen LogP contribution in [-0.4, -0.2) is 30.8 Å².